The van der Waals surface area contributed by atoms with Crippen molar-refractivity contribution in [1.29, 1.82) is 0 Å². The van der Waals surface area contributed by atoms with Gasteiger partial charge in [0.25, 0.3) is 0 Å². The molecule has 0 saturated carbocycles. The first-order chi connectivity index (χ1) is 3.35. The summed E-state index contributed by atoms with van der Waals surface area (Å²) in [5.74, 6) is 0. The second kappa shape index (κ2) is 4.90. The van der Waals surface area contributed by atoms with Crippen molar-refractivity contribution < 1.29 is 4.52 Å². The molecule has 0 aromatic rings. The molecule has 2 nitrogen and oxygen atoms in total. The van der Waals surface area contributed by atoms with Crippen molar-refractivity contribution in [2.45, 2.75) is 4.97 Å². The molecule has 0 aliphatic heterocycles. The fourth-order valence-corrected chi connectivity index (χ4v) is 0.955. The van der Waals surface area contributed by atoms with E-state index in [0.717, 1.165) is 0 Å². The monoisotopic (exact) mass is 133 g/mol. The molecular weight excluding hydrogens is 124 g/mol. The molecule has 0 heterocycles. The van der Waals surface area contributed by atoms with Gasteiger partial charge in [-0.2, -0.15) is 0 Å². The molecule has 0 aromatic carbocycles. The van der Waals surface area contributed by atoms with Gasteiger partial charge >= 0.3 is 51.4 Å². The SMILES string of the molecule is [CH2]=[Al][CH](CN)OP. The molecule has 2 N–H and O–H groups in total. The van der Waals surface area contributed by atoms with Gasteiger partial charge in [-0.15, -0.1) is 0 Å². The van der Waals surface area contributed by atoms with Crippen LogP contribution in [0.2, 0.25) is 0 Å². The van der Waals surface area contributed by atoms with Crippen LogP contribution in [0.15, 0.2) is 0 Å². The Balaban J connectivity index is 3.16. The molecule has 0 aliphatic rings. The average molecular weight is 133 g/mol. The molecule has 0 rings (SSSR count). The van der Waals surface area contributed by atoms with E-state index in [4.69, 9.17) is 10.3 Å². The van der Waals surface area contributed by atoms with Crippen molar-refractivity contribution in [2.75, 3.05) is 6.54 Å². The second-order valence-electron chi connectivity index (χ2n) is 1.15. The third kappa shape index (κ3) is 3.34. The third-order valence-corrected chi connectivity index (χ3v) is 2.29. The van der Waals surface area contributed by atoms with Gasteiger partial charge in [0.1, 0.15) is 0 Å². The quantitative estimate of drug-likeness (QED) is 0.404. The molecule has 2 atom stereocenters. The van der Waals surface area contributed by atoms with E-state index >= 15 is 0 Å². The summed E-state index contributed by atoms with van der Waals surface area (Å²) in [7, 11) is 2.18. The molecule has 0 fully saturated rings. The Labute approximate surface area is 52.0 Å². The molecule has 0 aliphatic carbocycles. The minimum absolute atomic E-state index is 0.120. The zero-order valence-corrected chi connectivity index (χ0v) is 6.44. The van der Waals surface area contributed by atoms with Crippen LogP contribution < -0.4 is 5.73 Å². The molecular formula is C3H9AlNOP. The first-order valence-corrected chi connectivity index (χ1v) is 3.98. The van der Waals surface area contributed by atoms with E-state index in [2.05, 4.69) is 14.9 Å². The standard InChI is InChI=1S/C2H7NOP.CH2.Al/c3-1-2-4-5;;/h2H,1,3,5H2;1H2;. The van der Waals surface area contributed by atoms with E-state index in [9.17, 15) is 0 Å². The van der Waals surface area contributed by atoms with E-state index in [1.54, 1.807) is 0 Å². The second-order valence-corrected chi connectivity index (χ2v) is 2.63. The van der Waals surface area contributed by atoms with Crippen LogP contribution in [0.25, 0.3) is 0 Å². The van der Waals surface area contributed by atoms with Gasteiger partial charge in [-0.3, -0.25) is 0 Å². The molecule has 0 amide bonds. The van der Waals surface area contributed by atoms with Crippen molar-refractivity contribution in [1.82, 2.24) is 0 Å². The van der Waals surface area contributed by atoms with Gasteiger partial charge in [0.2, 0.25) is 0 Å². The first kappa shape index (κ1) is 7.75. The van der Waals surface area contributed by atoms with E-state index in [1.165, 1.54) is 0 Å². The average Bonchev–Trinajstić information content (AvgIpc) is 1.72. The Bertz CT molecular complexity index is 56.9. The Morgan fingerprint density at radius 3 is 2.57 bits per heavy atom. The van der Waals surface area contributed by atoms with Gasteiger partial charge < -0.3 is 0 Å². The maximum atomic E-state index is 5.24. The molecule has 4 heteroatoms. The Kier molecular flexibility index (Phi) is 5.43. The zero-order chi connectivity index (χ0) is 5.70. The summed E-state index contributed by atoms with van der Waals surface area (Å²) in [5.41, 5.74) is 5.24. The molecule has 0 saturated heterocycles. The molecule has 0 radical (unpaired) electrons. The Morgan fingerprint density at radius 2 is 2.57 bits per heavy atom. The van der Waals surface area contributed by atoms with Crippen LogP contribution in [-0.4, -0.2) is 31.7 Å². The molecule has 2 unspecified atom stereocenters. The summed E-state index contributed by atoms with van der Waals surface area (Å²) in [4.78, 5) is 0.199. The Morgan fingerprint density at radius 1 is 2.00 bits per heavy atom. The van der Waals surface area contributed by atoms with E-state index < -0.39 is 0 Å². The molecule has 40 valence electrons. The normalized spacial score (nSPS) is 12.9. The molecule has 0 bridgehead atoms. The predicted octanol–water partition coefficient (Wildman–Crippen LogP) is -0.786. The van der Waals surface area contributed by atoms with Crippen molar-refractivity contribution in [3.63, 3.8) is 0 Å². The first-order valence-electron chi connectivity index (χ1n) is 2.03. The molecule has 7 heavy (non-hydrogen) atoms. The van der Waals surface area contributed by atoms with Gasteiger partial charge in [-0.1, -0.05) is 0 Å². The van der Waals surface area contributed by atoms with Gasteiger partial charge in [-0.25, -0.2) is 0 Å². The van der Waals surface area contributed by atoms with E-state index in [0.29, 0.717) is 6.54 Å². The number of nitrogens with two attached hydrogens (primary N) is 1. The number of hydrogen-bond donors (Lipinski definition) is 1. The van der Waals surface area contributed by atoms with Gasteiger partial charge in [0.05, 0.1) is 0 Å². The van der Waals surface area contributed by atoms with Gasteiger partial charge in [-0.05, 0) is 0 Å². The topological polar surface area (TPSA) is 35.2 Å². The summed E-state index contributed by atoms with van der Waals surface area (Å²) in [6, 6.07) is 0. The minimum atomic E-state index is 0.120. The van der Waals surface area contributed by atoms with Crippen LogP contribution in [0.1, 0.15) is 0 Å². The number of rotatable bonds is 3. The summed E-state index contributed by atoms with van der Waals surface area (Å²) in [6.45, 7) is 0.586. The van der Waals surface area contributed by atoms with Crippen molar-refractivity contribution in [3.05, 3.63) is 0 Å². The zero-order valence-electron chi connectivity index (χ0n) is 4.13. The van der Waals surface area contributed by atoms with Crippen LogP contribution in [-0.2, 0) is 4.52 Å². The van der Waals surface area contributed by atoms with Gasteiger partial charge in [0.15, 0.2) is 0 Å². The summed E-state index contributed by atoms with van der Waals surface area (Å²) in [5, 5.41) is 3.69. The van der Waals surface area contributed by atoms with Crippen LogP contribution in [0, 0.1) is 0 Å². The van der Waals surface area contributed by atoms with E-state index in [1.807, 2.05) is 0 Å². The fourth-order valence-electron chi connectivity index (χ4n) is 0.207. The fraction of sp³-hybridized carbons (Fsp3) is 0.667. The van der Waals surface area contributed by atoms with E-state index in [-0.39, 0.29) is 19.7 Å². The van der Waals surface area contributed by atoms with Crippen molar-refractivity contribution >= 4 is 29.6 Å². The van der Waals surface area contributed by atoms with Crippen LogP contribution in [0.3, 0.4) is 0 Å². The van der Waals surface area contributed by atoms with Crippen molar-refractivity contribution in [2.24, 2.45) is 5.73 Å². The molecule has 0 spiro atoms. The predicted molar refractivity (Wildman–Crippen MR) is 36.5 cm³/mol. The maximum absolute atomic E-state index is 5.24. The third-order valence-electron chi connectivity index (χ3n) is 0.670. The van der Waals surface area contributed by atoms with Gasteiger partial charge in [0, 0.05) is 0 Å². The summed E-state index contributed by atoms with van der Waals surface area (Å²) >= 11 is 0.120. The summed E-state index contributed by atoms with van der Waals surface area (Å²) < 4.78 is 4.81. The van der Waals surface area contributed by atoms with Crippen molar-refractivity contribution in [3.8, 4) is 0 Å². The van der Waals surface area contributed by atoms with Crippen LogP contribution in [0.4, 0.5) is 0 Å². The molecule has 0 aromatic heterocycles. The summed E-state index contributed by atoms with van der Waals surface area (Å²) in [6.07, 6.45) is 0. The number of hydrogen-bond acceptors (Lipinski definition) is 2. The van der Waals surface area contributed by atoms with Crippen LogP contribution in [0.5, 0.6) is 0 Å². The van der Waals surface area contributed by atoms with Crippen LogP contribution >= 0.6 is 9.47 Å². The Hall–Kier alpha value is 0.752.